The first kappa shape index (κ1) is 42.4. The maximum absolute atomic E-state index is 7.34. The van der Waals surface area contributed by atoms with Crippen LogP contribution in [0.4, 0.5) is 34.3 Å². The molecular formula is C59H63BN2OS. The number of furan rings is 1. The minimum absolute atomic E-state index is 0.0162. The van der Waals surface area contributed by atoms with Crippen molar-refractivity contribution in [2.24, 2.45) is 0 Å². The monoisotopic (exact) mass is 858 g/mol. The fraction of sp³-hybridized carbons (Fsp3) is 0.322. The van der Waals surface area contributed by atoms with Gasteiger partial charge in [-0.3, -0.25) is 4.90 Å². The van der Waals surface area contributed by atoms with Crippen LogP contribution in [0.2, 0.25) is 0 Å². The molecule has 2 aliphatic heterocycles. The topological polar surface area (TPSA) is 19.6 Å². The Balaban J connectivity index is 1.36. The van der Waals surface area contributed by atoms with Gasteiger partial charge in [0.05, 0.1) is 11.4 Å². The maximum atomic E-state index is 7.34. The third-order valence-electron chi connectivity index (χ3n) is 14.2. The third-order valence-corrected chi connectivity index (χ3v) is 15.2. The lowest BCUT2D eigenvalue weighted by atomic mass is 9.33. The average molecular weight is 859 g/mol. The molecule has 0 bridgehead atoms. The standard InChI is InChI=1S/C59H63BN2OS/c1-33(2)39-29-48-53-49(30-39)62(55-36(5)26-42(27-37(55)6)59(13,14)15)56-52(44-31-40(57(7,8)9)21-23-50(44)63-56)60(53)46-22-20-38(45-32-64-51-19-17-16-18-43(45)51)28-47(46)61(48)54-34(3)24-41(25-35(54)4)58(10,11)12/h16-33H,1-15H3. The lowest BCUT2D eigenvalue weighted by Gasteiger charge is -2.44. The summed E-state index contributed by atoms with van der Waals surface area (Å²) in [4.78, 5) is 5.17. The first-order chi connectivity index (χ1) is 30.1. The molecule has 64 heavy (non-hydrogen) atoms. The van der Waals surface area contributed by atoms with Crippen molar-refractivity contribution in [3.05, 3.63) is 147 Å². The number of benzene rings is 6. The van der Waals surface area contributed by atoms with Crippen molar-refractivity contribution in [3.8, 4) is 11.1 Å². The van der Waals surface area contributed by atoms with Gasteiger partial charge in [0.1, 0.15) is 5.58 Å². The van der Waals surface area contributed by atoms with Gasteiger partial charge in [-0.15, -0.1) is 11.3 Å². The number of nitrogens with zero attached hydrogens (tertiary/aromatic N) is 2. The second kappa shape index (κ2) is 14.5. The molecule has 0 saturated heterocycles. The van der Waals surface area contributed by atoms with E-state index in [4.69, 9.17) is 4.42 Å². The molecule has 0 fully saturated rings. The van der Waals surface area contributed by atoms with Crippen LogP contribution >= 0.6 is 11.3 Å². The zero-order valence-electron chi connectivity index (χ0n) is 40.7. The van der Waals surface area contributed by atoms with E-state index in [1.807, 2.05) is 11.3 Å². The molecule has 0 aliphatic carbocycles. The number of anilines is 6. The second-order valence-electron chi connectivity index (χ2n) is 22.3. The third kappa shape index (κ3) is 6.59. The molecule has 4 heterocycles. The Morgan fingerprint density at radius 3 is 1.69 bits per heavy atom. The minimum atomic E-state index is -0.0719. The molecule has 8 aromatic rings. The Bertz CT molecular complexity index is 3170. The maximum Gasteiger partial charge on any atom is 0.257 e. The Hall–Kier alpha value is -5.52. The van der Waals surface area contributed by atoms with Gasteiger partial charge in [-0.25, -0.2) is 0 Å². The average Bonchev–Trinajstić information content (AvgIpc) is 3.82. The van der Waals surface area contributed by atoms with Crippen molar-refractivity contribution in [1.82, 2.24) is 0 Å². The van der Waals surface area contributed by atoms with Gasteiger partial charge in [-0.1, -0.05) is 137 Å². The van der Waals surface area contributed by atoms with E-state index >= 15 is 0 Å². The summed E-state index contributed by atoms with van der Waals surface area (Å²) >= 11 is 1.83. The molecule has 0 saturated carbocycles. The number of hydrogen-bond donors (Lipinski definition) is 0. The zero-order chi connectivity index (χ0) is 45.5. The first-order valence-electron chi connectivity index (χ1n) is 23.3. The van der Waals surface area contributed by atoms with Crippen molar-refractivity contribution in [3.63, 3.8) is 0 Å². The number of fused-ring (bicyclic) bond motifs is 7. The Kier molecular flexibility index (Phi) is 9.61. The van der Waals surface area contributed by atoms with Crippen molar-refractivity contribution in [2.45, 2.75) is 126 Å². The fourth-order valence-electron chi connectivity index (χ4n) is 10.6. The van der Waals surface area contributed by atoms with Crippen LogP contribution in [0.15, 0.2) is 107 Å². The molecule has 0 unspecified atom stereocenters. The molecule has 10 rings (SSSR count). The smallest absolute Gasteiger partial charge is 0.257 e. The van der Waals surface area contributed by atoms with Crippen LogP contribution in [0.5, 0.6) is 0 Å². The molecule has 3 nitrogen and oxygen atoms in total. The molecule has 0 amide bonds. The van der Waals surface area contributed by atoms with Gasteiger partial charge in [0, 0.05) is 43.6 Å². The van der Waals surface area contributed by atoms with E-state index in [0.29, 0.717) is 0 Å². The van der Waals surface area contributed by atoms with Gasteiger partial charge < -0.3 is 9.32 Å². The summed E-state index contributed by atoms with van der Waals surface area (Å²) in [5.41, 5.74) is 23.9. The SMILES string of the molecule is Cc1cc(C(C)(C)C)cc(C)c1N1c2cc(-c3csc4ccccc34)ccc2B2c3c1cc(C(C)C)cc3N(c1c(C)cc(C(C)(C)C)cc1C)c1oc3ccc(C(C)(C)C)cc3c12. The molecule has 5 heteroatoms. The Morgan fingerprint density at radius 1 is 0.547 bits per heavy atom. The summed E-state index contributed by atoms with van der Waals surface area (Å²) in [6, 6.07) is 37.8. The fourth-order valence-corrected chi connectivity index (χ4v) is 11.6. The van der Waals surface area contributed by atoms with Gasteiger partial charge in [-0.2, -0.15) is 0 Å². The largest absolute Gasteiger partial charge is 0.440 e. The summed E-state index contributed by atoms with van der Waals surface area (Å²) in [5, 5.41) is 4.84. The Morgan fingerprint density at radius 2 is 1.11 bits per heavy atom. The summed E-state index contributed by atoms with van der Waals surface area (Å²) in [5.74, 6) is 1.21. The van der Waals surface area contributed by atoms with Gasteiger partial charge in [0.25, 0.3) is 6.71 Å². The van der Waals surface area contributed by atoms with Crippen LogP contribution in [0.3, 0.4) is 0 Å². The molecular weight excluding hydrogens is 796 g/mol. The predicted molar refractivity (Wildman–Crippen MR) is 280 cm³/mol. The van der Waals surface area contributed by atoms with E-state index in [-0.39, 0.29) is 28.9 Å². The van der Waals surface area contributed by atoms with Crippen LogP contribution in [0, 0.1) is 27.7 Å². The normalized spacial score (nSPS) is 13.9. The van der Waals surface area contributed by atoms with Crippen molar-refractivity contribution < 1.29 is 4.42 Å². The number of hydrogen-bond acceptors (Lipinski definition) is 4. The van der Waals surface area contributed by atoms with Crippen molar-refractivity contribution in [2.75, 3.05) is 9.80 Å². The highest BCUT2D eigenvalue weighted by Gasteiger charge is 2.47. The number of rotatable bonds is 4. The molecule has 0 N–H and O–H groups in total. The number of thiophene rings is 1. The molecule has 0 spiro atoms. The number of aryl methyl sites for hydroxylation is 4. The lowest BCUT2D eigenvalue weighted by molar-refractivity contribution is 0.588. The van der Waals surface area contributed by atoms with Crippen LogP contribution in [0.25, 0.3) is 32.2 Å². The van der Waals surface area contributed by atoms with Gasteiger partial charge in [0.15, 0.2) is 0 Å². The highest BCUT2D eigenvalue weighted by Crippen LogP contribution is 2.51. The molecule has 0 atom stereocenters. The highest BCUT2D eigenvalue weighted by molar-refractivity contribution is 7.17. The van der Waals surface area contributed by atoms with Gasteiger partial charge in [-0.05, 0) is 153 Å². The van der Waals surface area contributed by atoms with Crippen molar-refractivity contribution >= 4 is 89.8 Å². The van der Waals surface area contributed by atoms with Crippen LogP contribution in [-0.2, 0) is 16.2 Å². The minimum Gasteiger partial charge on any atom is -0.440 e. The molecule has 2 aromatic heterocycles. The van der Waals surface area contributed by atoms with E-state index in [0.717, 1.165) is 11.5 Å². The van der Waals surface area contributed by atoms with Gasteiger partial charge in [0.2, 0.25) is 5.88 Å². The second-order valence-corrected chi connectivity index (χ2v) is 23.3. The zero-order valence-corrected chi connectivity index (χ0v) is 41.5. The van der Waals surface area contributed by atoms with E-state index in [9.17, 15) is 0 Å². The van der Waals surface area contributed by atoms with E-state index < -0.39 is 0 Å². The first-order valence-corrected chi connectivity index (χ1v) is 24.2. The predicted octanol–water partition coefficient (Wildman–Crippen LogP) is 15.6. The quantitative estimate of drug-likeness (QED) is 0.164. The molecule has 6 aromatic carbocycles. The Labute approximate surface area is 386 Å². The molecule has 324 valence electrons. The highest BCUT2D eigenvalue weighted by atomic mass is 32.1. The molecule has 2 aliphatic rings. The summed E-state index contributed by atoms with van der Waals surface area (Å²) in [7, 11) is 0. The molecule has 0 radical (unpaired) electrons. The van der Waals surface area contributed by atoms with E-state index in [1.165, 1.54) is 116 Å². The van der Waals surface area contributed by atoms with Gasteiger partial charge >= 0.3 is 0 Å². The summed E-state index contributed by atoms with van der Waals surface area (Å²) < 4.78 is 8.65. The van der Waals surface area contributed by atoms with Crippen LogP contribution < -0.4 is 26.2 Å². The van der Waals surface area contributed by atoms with Crippen LogP contribution in [-0.4, -0.2) is 6.71 Å². The van der Waals surface area contributed by atoms with Crippen LogP contribution in [0.1, 0.15) is 127 Å². The van der Waals surface area contributed by atoms with Crippen molar-refractivity contribution in [1.29, 1.82) is 0 Å². The lowest BCUT2D eigenvalue weighted by Crippen LogP contribution is -2.61. The van der Waals surface area contributed by atoms with E-state index in [2.05, 4.69) is 216 Å². The van der Waals surface area contributed by atoms with E-state index in [1.54, 1.807) is 0 Å². The summed E-state index contributed by atoms with van der Waals surface area (Å²) in [6.45, 7) is 34.7. The summed E-state index contributed by atoms with van der Waals surface area (Å²) in [6.07, 6.45) is 0.